The number of pyridine rings is 1. The number of aromatic nitrogens is 1. The normalized spacial score (nSPS) is 10.7. The SMILES string of the molecule is CCOCc1ccccc1CNCc1cncc(F)c1. The monoisotopic (exact) mass is 274 g/mol. The smallest absolute Gasteiger partial charge is 0.141 e. The average Bonchev–Trinajstić information content (AvgIpc) is 2.46. The maximum Gasteiger partial charge on any atom is 0.141 e. The highest BCUT2D eigenvalue weighted by Crippen LogP contribution is 2.10. The van der Waals surface area contributed by atoms with Crippen molar-refractivity contribution >= 4 is 0 Å². The first-order valence-corrected chi connectivity index (χ1v) is 6.74. The summed E-state index contributed by atoms with van der Waals surface area (Å²) in [6.45, 7) is 4.62. The van der Waals surface area contributed by atoms with Crippen molar-refractivity contribution in [3.63, 3.8) is 0 Å². The summed E-state index contributed by atoms with van der Waals surface area (Å²) >= 11 is 0. The van der Waals surface area contributed by atoms with E-state index in [9.17, 15) is 4.39 Å². The van der Waals surface area contributed by atoms with Crippen molar-refractivity contribution in [1.29, 1.82) is 0 Å². The second-order valence-electron chi connectivity index (χ2n) is 4.52. The van der Waals surface area contributed by atoms with Gasteiger partial charge >= 0.3 is 0 Å². The minimum absolute atomic E-state index is 0.305. The Morgan fingerprint density at radius 2 is 1.95 bits per heavy atom. The van der Waals surface area contributed by atoms with E-state index >= 15 is 0 Å². The van der Waals surface area contributed by atoms with Gasteiger partial charge in [-0.1, -0.05) is 24.3 Å². The lowest BCUT2D eigenvalue weighted by Gasteiger charge is -2.10. The molecule has 20 heavy (non-hydrogen) atoms. The fourth-order valence-electron chi connectivity index (χ4n) is 1.98. The summed E-state index contributed by atoms with van der Waals surface area (Å²) in [7, 11) is 0. The van der Waals surface area contributed by atoms with Gasteiger partial charge in [0.2, 0.25) is 0 Å². The zero-order valence-electron chi connectivity index (χ0n) is 11.6. The van der Waals surface area contributed by atoms with Gasteiger partial charge in [-0.15, -0.1) is 0 Å². The van der Waals surface area contributed by atoms with E-state index in [4.69, 9.17) is 4.74 Å². The van der Waals surface area contributed by atoms with E-state index in [1.54, 1.807) is 6.20 Å². The fourth-order valence-corrected chi connectivity index (χ4v) is 1.98. The third-order valence-electron chi connectivity index (χ3n) is 2.99. The largest absolute Gasteiger partial charge is 0.377 e. The summed E-state index contributed by atoms with van der Waals surface area (Å²) in [5.41, 5.74) is 3.22. The molecule has 3 nitrogen and oxygen atoms in total. The van der Waals surface area contributed by atoms with E-state index in [-0.39, 0.29) is 5.82 Å². The van der Waals surface area contributed by atoms with Crippen LogP contribution in [0.15, 0.2) is 42.7 Å². The summed E-state index contributed by atoms with van der Waals surface area (Å²) in [5, 5.41) is 3.30. The van der Waals surface area contributed by atoms with Crippen molar-refractivity contribution in [2.45, 2.75) is 26.6 Å². The molecule has 0 amide bonds. The number of rotatable bonds is 7. The van der Waals surface area contributed by atoms with E-state index < -0.39 is 0 Å². The number of hydrogen-bond acceptors (Lipinski definition) is 3. The lowest BCUT2D eigenvalue weighted by atomic mass is 10.1. The number of nitrogens with one attached hydrogen (secondary N) is 1. The first-order valence-electron chi connectivity index (χ1n) is 6.74. The average molecular weight is 274 g/mol. The van der Waals surface area contributed by atoms with Crippen LogP contribution in [0.1, 0.15) is 23.6 Å². The summed E-state index contributed by atoms with van der Waals surface area (Å²) in [6, 6.07) is 9.65. The lowest BCUT2D eigenvalue weighted by molar-refractivity contribution is 0.133. The van der Waals surface area contributed by atoms with Gasteiger partial charge in [-0.3, -0.25) is 4.98 Å². The Labute approximate surface area is 118 Å². The molecular formula is C16H19FN2O. The second kappa shape index (κ2) is 7.72. The van der Waals surface area contributed by atoms with Crippen LogP contribution in [0.2, 0.25) is 0 Å². The van der Waals surface area contributed by atoms with E-state index in [0.29, 0.717) is 19.8 Å². The molecule has 1 aromatic carbocycles. The zero-order valence-corrected chi connectivity index (χ0v) is 11.6. The van der Waals surface area contributed by atoms with Crippen LogP contribution in [0, 0.1) is 5.82 Å². The fraction of sp³-hybridized carbons (Fsp3) is 0.312. The highest BCUT2D eigenvalue weighted by atomic mass is 19.1. The molecule has 0 aliphatic carbocycles. The van der Waals surface area contributed by atoms with Crippen molar-refractivity contribution in [3.05, 3.63) is 65.2 Å². The van der Waals surface area contributed by atoms with Crippen LogP contribution in [0.5, 0.6) is 0 Å². The highest BCUT2D eigenvalue weighted by Gasteiger charge is 2.02. The molecule has 0 aliphatic heterocycles. The van der Waals surface area contributed by atoms with Gasteiger partial charge in [-0.05, 0) is 29.7 Å². The summed E-state index contributed by atoms with van der Waals surface area (Å²) in [4.78, 5) is 3.83. The van der Waals surface area contributed by atoms with Gasteiger partial charge in [-0.25, -0.2) is 4.39 Å². The van der Waals surface area contributed by atoms with Gasteiger partial charge in [0.25, 0.3) is 0 Å². The van der Waals surface area contributed by atoms with Crippen molar-refractivity contribution in [2.75, 3.05) is 6.61 Å². The summed E-state index contributed by atoms with van der Waals surface area (Å²) in [6.07, 6.45) is 2.88. The van der Waals surface area contributed by atoms with Crippen molar-refractivity contribution in [3.8, 4) is 0 Å². The van der Waals surface area contributed by atoms with E-state index in [1.165, 1.54) is 23.4 Å². The van der Waals surface area contributed by atoms with Crippen LogP contribution in [-0.2, 0) is 24.4 Å². The molecular weight excluding hydrogens is 255 g/mol. The molecule has 1 N–H and O–H groups in total. The minimum atomic E-state index is -0.305. The molecule has 0 atom stereocenters. The molecule has 0 radical (unpaired) electrons. The number of halogens is 1. The van der Waals surface area contributed by atoms with Gasteiger partial charge in [0, 0.05) is 25.9 Å². The predicted octanol–water partition coefficient (Wildman–Crippen LogP) is 3.05. The lowest BCUT2D eigenvalue weighted by Crippen LogP contribution is -2.14. The van der Waals surface area contributed by atoms with Gasteiger partial charge < -0.3 is 10.1 Å². The molecule has 1 aromatic heterocycles. The number of nitrogens with zero attached hydrogens (tertiary/aromatic N) is 1. The van der Waals surface area contributed by atoms with Crippen LogP contribution in [0.25, 0.3) is 0 Å². The maximum atomic E-state index is 13.0. The number of hydrogen-bond donors (Lipinski definition) is 1. The molecule has 0 fully saturated rings. The molecule has 0 aliphatic rings. The van der Waals surface area contributed by atoms with Crippen LogP contribution >= 0.6 is 0 Å². The Balaban J connectivity index is 1.90. The number of ether oxygens (including phenoxy) is 1. The topological polar surface area (TPSA) is 34.1 Å². The van der Waals surface area contributed by atoms with Crippen molar-refractivity contribution < 1.29 is 9.13 Å². The van der Waals surface area contributed by atoms with Gasteiger partial charge in [0.15, 0.2) is 0 Å². The summed E-state index contributed by atoms with van der Waals surface area (Å²) < 4.78 is 18.5. The molecule has 0 saturated carbocycles. The molecule has 2 rings (SSSR count). The molecule has 0 saturated heterocycles. The zero-order chi connectivity index (χ0) is 14.2. The quantitative estimate of drug-likeness (QED) is 0.842. The van der Waals surface area contributed by atoms with Gasteiger partial charge in [0.1, 0.15) is 5.82 Å². The second-order valence-corrected chi connectivity index (χ2v) is 4.52. The molecule has 1 heterocycles. The van der Waals surface area contributed by atoms with E-state index in [2.05, 4.69) is 22.4 Å². The maximum absolute atomic E-state index is 13.0. The van der Waals surface area contributed by atoms with Crippen LogP contribution in [-0.4, -0.2) is 11.6 Å². The Kier molecular flexibility index (Phi) is 5.65. The van der Waals surface area contributed by atoms with Crippen molar-refractivity contribution in [1.82, 2.24) is 10.3 Å². The Morgan fingerprint density at radius 1 is 1.15 bits per heavy atom. The van der Waals surface area contributed by atoms with E-state index in [1.807, 2.05) is 19.1 Å². The molecule has 0 spiro atoms. The minimum Gasteiger partial charge on any atom is -0.377 e. The highest BCUT2D eigenvalue weighted by molar-refractivity contribution is 5.26. The Hall–Kier alpha value is -1.78. The first-order chi connectivity index (χ1) is 9.79. The molecule has 0 unspecified atom stereocenters. The number of benzene rings is 1. The van der Waals surface area contributed by atoms with Crippen molar-refractivity contribution in [2.24, 2.45) is 0 Å². The summed E-state index contributed by atoms with van der Waals surface area (Å²) in [5.74, 6) is -0.305. The molecule has 4 heteroatoms. The van der Waals surface area contributed by atoms with Crippen LogP contribution < -0.4 is 5.32 Å². The van der Waals surface area contributed by atoms with Gasteiger partial charge in [-0.2, -0.15) is 0 Å². The first kappa shape index (κ1) is 14.6. The van der Waals surface area contributed by atoms with Crippen LogP contribution in [0.3, 0.4) is 0 Å². The molecule has 2 aromatic rings. The van der Waals surface area contributed by atoms with Crippen LogP contribution in [0.4, 0.5) is 4.39 Å². The van der Waals surface area contributed by atoms with E-state index in [0.717, 1.165) is 12.1 Å². The standard InChI is InChI=1S/C16H19FN2O/c1-2-20-12-15-6-4-3-5-14(15)10-18-8-13-7-16(17)11-19-9-13/h3-7,9,11,18H,2,8,10,12H2,1H3. The molecule has 106 valence electrons. The Morgan fingerprint density at radius 3 is 2.70 bits per heavy atom. The third-order valence-corrected chi connectivity index (χ3v) is 2.99. The van der Waals surface area contributed by atoms with Gasteiger partial charge in [0.05, 0.1) is 12.8 Å². The Bertz CT molecular complexity index is 546. The molecule has 0 bridgehead atoms. The predicted molar refractivity (Wildman–Crippen MR) is 76.5 cm³/mol. The third kappa shape index (κ3) is 4.40.